The van der Waals surface area contributed by atoms with Crippen molar-refractivity contribution in [3.63, 3.8) is 0 Å². The van der Waals surface area contributed by atoms with Crippen molar-refractivity contribution in [2.75, 3.05) is 12.1 Å². The van der Waals surface area contributed by atoms with Gasteiger partial charge in [0.2, 0.25) is 18.6 Å². The van der Waals surface area contributed by atoms with Crippen LogP contribution in [0.3, 0.4) is 0 Å². The van der Waals surface area contributed by atoms with Crippen LogP contribution >= 0.6 is 0 Å². The summed E-state index contributed by atoms with van der Waals surface area (Å²) < 4.78 is 10.7. The Labute approximate surface area is 150 Å². The normalized spacial score (nSPS) is 18.3. The van der Waals surface area contributed by atoms with Gasteiger partial charge in [-0.1, -0.05) is 6.07 Å². The van der Waals surface area contributed by atoms with Crippen molar-refractivity contribution in [1.29, 1.82) is 0 Å². The lowest BCUT2D eigenvalue weighted by Gasteiger charge is -2.24. The van der Waals surface area contributed by atoms with Crippen LogP contribution in [0.25, 0.3) is 0 Å². The maximum absolute atomic E-state index is 12.7. The highest BCUT2D eigenvalue weighted by Crippen LogP contribution is 2.33. The number of pyridine rings is 1. The van der Waals surface area contributed by atoms with Gasteiger partial charge in [-0.3, -0.25) is 14.6 Å². The molecule has 3 heterocycles. The summed E-state index contributed by atoms with van der Waals surface area (Å²) in [7, 11) is 0. The smallest absolute Gasteiger partial charge is 0.247 e. The van der Waals surface area contributed by atoms with Gasteiger partial charge in [0, 0.05) is 19.2 Å². The van der Waals surface area contributed by atoms with Crippen LogP contribution in [0.4, 0.5) is 5.69 Å². The second-order valence-electron chi connectivity index (χ2n) is 6.39. The molecule has 7 heteroatoms. The molecule has 1 aromatic heterocycles. The van der Waals surface area contributed by atoms with Crippen LogP contribution in [0.15, 0.2) is 36.5 Å². The molecule has 2 amide bonds. The summed E-state index contributed by atoms with van der Waals surface area (Å²) >= 11 is 0. The van der Waals surface area contributed by atoms with Gasteiger partial charge in [-0.15, -0.1) is 0 Å². The summed E-state index contributed by atoms with van der Waals surface area (Å²) in [5.74, 6) is 1.15. The van der Waals surface area contributed by atoms with E-state index in [1.165, 1.54) is 0 Å². The Balaban J connectivity index is 1.50. The summed E-state index contributed by atoms with van der Waals surface area (Å²) in [5.41, 5.74) is 2.31. The lowest BCUT2D eigenvalue weighted by molar-refractivity contribution is -0.133. The van der Waals surface area contributed by atoms with Gasteiger partial charge >= 0.3 is 0 Å². The van der Waals surface area contributed by atoms with Gasteiger partial charge in [0.15, 0.2) is 11.5 Å². The number of carbonyl (C=O) groups excluding carboxylic acids is 2. The maximum atomic E-state index is 12.7. The van der Waals surface area contributed by atoms with E-state index in [1.807, 2.05) is 25.1 Å². The summed E-state index contributed by atoms with van der Waals surface area (Å²) in [6.07, 6.45) is 2.55. The Morgan fingerprint density at radius 3 is 3.00 bits per heavy atom. The molecule has 0 radical (unpaired) electrons. The fraction of sp³-hybridized carbons (Fsp3) is 0.316. The van der Waals surface area contributed by atoms with Crippen LogP contribution < -0.4 is 14.8 Å². The number of ether oxygens (including phenoxy) is 2. The third-order valence-electron chi connectivity index (χ3n) is 4.69. The van der Waals surface area contributed by atoms with Gasteiger partial charge in [0.05, 0.1) is 11.4 Å². The monoisotopic (exact) mass is 353 g/mol. The van der Waals surface area contributed by atoms with Crippen LogP contribution in [0, 0.1) is 6.92 Å². The number of aryl methyl sites for hydroxylation is 1. The minimum atomic E-state index is -0.493. The van der Waals surface area contributed by atoms with E-state index in [4.69, 9.17) is 9.47 Å². The van der Waals surface area contributed by atoms with Crippen LogP contribution in [0.1, 0.15) is 24.1 Å². The van der Waals surface area contributed by atoms with Crippen LogP contribution in [0.5, 0.6) is 11.5 Å². The third kappa shape index (κ3) is 3.08. The average Bonchev–Trinajstić information content (AvgIpc) is 3.24. The summed E-state index contributed by atoms with van der Waals surface area (Å²) in [6, 6.07) is 8.65. The molecule has 0 bridgehead atoms. The molecule has 0 spiro atoms. The zero-order valence-electron chi connectivity index (χ0n) is 14.4. The van der Waals surface area contributed by atoms with Crippen molar-refractivity contribution in [3.05, 3.63) is 47.8 Å². The maximum Gasteiger partial charge on any atom is 0.247 e. The number of nitrogens with zero attached hydrogens (tertiary/aromatic N) is 2. The van der Waals surface area contributed by atoms with Crippen LogP contribution in [-0.2, 0) is 16.1 Å². The van der Waals surface area contributed by atoms with Crippen molar-refractivity contribution < 1.29 is 19.1 Å². The number of hydrogen-bond donors (Lipinski definition) is 1. The molecule has 0 saturated carbocycles. The molecule has 1 N–H and O–H groups in total. The molecule has 1 saturated heterocycles. The Morgan fingerprint density at radius 1 is 1.31 bits per heavy atom. The van der Waals surface area contributed by atoms with Crippen LogP contribution in [0.2, 0.25) is 0 Å². The summed E-state index contributed by atoms with van der Waals surface area (Å²) in [4.78, 5) is 30.8. The largest absolute Gasteiger partial charge is 0.454 e. The summed E-state index contributed by atoms with van der Waals surface area (Å²) in [6.45, 7) is 2.40. The van der Waals surface area contributed by atoms with E-state index < -0.39 is 6.04 Å². The van der Waals surface area contributed by atoms with E-state index in [0.717, 1.165) is 11.3 Å². The molecular formula is C19H19N3O4. The summed E-state index contributed by atoms with van der Waals surface area (Å²) in [5, 5.41) is 2.89. The van der Waals surface area contributed by atoms with Crippen molar-refractivity contribution in [3.8, 4) is 11.5 Å². The first kappa shape index (κ1) is 16.4. The highest BCUT2D eigenvalue weighted by molar-refractivity contribution is 5.99. The van der Waals surface area contributed by atoms with E-state index in [-0.39, 0.29) is 18.6 Å². The van der Waals surface area contributed by atoms with Crippen molar-refractivity contribution >= 4 is 17.5 Å². The standard InChI is InChI=1S/C19H19N3O4/c1-12-14(3-2-8-20-12)21-19(24)15-5-7-18(23)22(15)10-13-4-6-16-17(9-13)26-11-25-16/h2-4,6,8-9,15H,5,7,10-11H2,1H3,(H,21,24). The van der Waals surface area contributed by atoms with Gasteiger partial charge in [-0.25, -0.2) is 0 Å². The number of likely N-dealkylation sites (tertiary alicyclic amines) is 1. The van der Waals surface area contributed by atoms with E-state index >= 15 is 0 Å². The van der Waals surface area contributed by atoms with Crippen molar-refractivity contribution in [2.45, 2.75) is 32.4 Å². The van der Waals surface area contributed by atoms with Crippen molar-refractivity contribution in [2.24, 2.45) is 0 Å². The van der Waals surface area contributed by atoms with Crippen molar-refractivity contribution in [1.82, 2.24) is 9.88 Å². The van der Waals surface area contributed by atoms with Gasteiger partial charge in [-0.2, -0.15) is 0 Å². The first-order valence-electron chi connectivity index (χ1n) is 8.52. The Kier molecular flexibility index (Phi) is 4.20. The number of carbonyl (C=O) groups is 2. The predicted molar refractivity (Wildman–Crippen MR) is 93.7 cm³/mol. The number of fused-ring (bicyclic) bond motifs is 1. The molecule has 7 nitrogen and oxygen atoms in total. The first-order chi connectivity index (χ1) is 12.6. The lowest BCUT2D eigenvalue weighted by atomic mass is 10.1. The molecule has 2 aliphatic rings. The average molecular weight is 353 g/mol. The molecule has 1 fully saturated rings. The van der Waals surface area contributed by atoms with Gasteiger partial charge in [0.1, 0.15) is 6.04 Å². The molecule has 134 valence electrons. The zero-order chi connectivity index (χ0) is 18.1. The van der Waals surface area contributed by atoms with E-state index in [2.05, 4.69) is 10.3 Å². The zero-order valence-corrected chi connectivity index (χ0v) is 14.4. The SMILES string of the molecule is Cc1ncccc1NC(=O)C1CCC(=O)N1Cc1ccc2c(c1)OCO2. The molecule has 1 aromatic carbocycles. The van der Waals surface area contributed by atoms with E-state index in [0.29, 0.717) is 36.6 Å². The molecule has 0 aliphatic carbocycles. The fourth-order valence-corrected chi connectivity index (χ4v) is 3.27. The van der Waals surface area contributed by atoms with Gasteiger partial charge in [0.25, 0.3) is 0 Å². The number of hydrogen-bond acceptors (Lipinski definition) is 5. The number of anilines is 1. The quantitative estimate of drug-likeness (QED) is 0.912. The van der Waals surface area contributed by atoms with E-state index in [1.54, 1.807) is 23.2 Å². The third-order valence-corrected chi connectivity index (χ3v) is 4.69. The molecular weight excluding hydrogens is 334 g/mol. The molecule has 1 atom stereocenters. The second kappa shape index (κ2) is 6.67. The minimum Gasteiger partial charge on any atom is -0.454 e. The number of benzene rings is 1. The Bertz CT molecular complexity index is 868. The number of aromatic nitrogens is 1. The first-order valence-corrected chi connectivity index (χ1v) is 8.52. The second-order valence-corrected chi connectivity index (χ2v) is 6.39. The predicted octanol–water partition coefficient (Wildman–Crippen LogP) is 2.25. The molecule has 2 aromatic rings. The highest BCUT2D eigenvalue weighted by Gasteiger charge is 2.36. The highest BCUT2D eigenvalue weighted by atomic mass is 16.7. The van der Waals surface area contributed by atoms with E-state index in [9.17, 15) is 9.59 Å². The molecule has 4 rings (SSSR count). The fourth-order valence-electron chi connectivity index (χ4n) is 3.27. The number of amides is 2. The lowest BCUT2D eigenvalue weighted by Crippen LogP contribution is -2.41. The minimum absolute atomic E-state index is 0.0225. The molecule has 1 unspecified atom stereocenters. The van der Waals surface area contributed by atoms with Crippen LogP contribution in [-0.4, -0.2) is 34.5 Å². The Morgan fingerprint density at radius 2 is 2.15 bits per heavy atom. The topological polar surface area (TPSA) is 80.8 Å². The number of nitrogens with one attached hydrogen (secondary N) is 1. The Hall–Kier alpha value is -3.09. The molecule has 2 aliphatic heterocycles. The number of rotatable bonds is 4. The molecule has 26 heavy (non-hydrogen) atoms. The van der Waals surface area contributed by atoms with Gasteiger partial charge in [-0.05, 0) is 43.2 Å². The van der Waals surface area contributed by atoms with Gasteiger partial charge < -0.3 is 19.7 Å².